The van der Waals surface area contributed by atoms with Crippen LogP contribution in [0.5, 0.6) is 0 Å². The molecule has 0 aromatic carbocycles. The average Bonchev–Trinajstić information content (AvgIpc) is 1.19. The average molecular weight is 214 g/mol. The normalized spacial score (nSPS) is 8.73. The maximum atomic E-state index is 8.91. The van der Waals surface area contributed by atoms with Crippen LogP contribution in [0.1, 0.15) is 0 Å². The van der Waals surface area contributed by atoms with Gasteiger partial charge in [0, 0.05) is 0 Å². The van der Waals surface area contributed by atoms with Crippen molar-refractivity contribution >= 4 is 21.5 Å². The fourth-order valence-electron chi connectivity index (χ4n) is 0. The molecule has 0 heterocycles. The Bertz CT molecular complexity index is 62.1. The van der Waals surface area contributed by atoms with Crippen molar-refractivity contribution in [3.05, 3.63) is 0 Å². The Morgan fingerprint density at radius 2 is 1.09 bits per heavy atom. The predicted molar refractivity (Wildman–Crippen MR) is 39.3 cm³/mol. The third kappa shape index (κ3) is 573. The first-order valence-electron chi connectivity index (χ1n) is 2.22. The van der Waals surface area contributed by atoms with Crippen LogP contribution in [0.15, 0.2) is 0 Å². The SMILES string of the molecule is CN(C)C.Cl.[Na+].[O-][Si](O)(O)O. The zero-order chi connectivity index (χ0) is 8.08. The maximum Gasteiger partial charge on any atom is 1.00 e. The van der Waals surface area contributed by atoms with Crippen molar-refractivity contribution in [1.29, 1.82) is 0 Å². The Balaban J connectivity index is -0.0000000383. The van der Waals surface area contributed by atoms with E-state index in [-0.39, 0.29) is 42.0 Å². The molecule has 0 fully saturated rings. The molecule has 0 amide bonds. The fraction of sp³-hybridized carbons (Fsp3) is 1.00. The summed E-state index contributed by atoms with van der Waals surface area (Å²) in [6, 6.07) is 0. The molecule has 0 bridgehead atoms. The molecule has 3 N–H and O–H groups in total. The first-order chi connectivity index (χ1) is 3.73. The van der Waals surface area contributed by atoms with Crippen molar-refractivity contribution in [2.75, 3.05) is 21.1 Å². The third-order valence-electron chi connectivity index (χ3n) is 0. The van der Waals surface area contributed by atoms with E-state index in [1.54, 1.807) is 0 Å². The van der Waals surface area contributed by atoms with Crippen LogP contribution in [-0.4, -0.2) is 49.5 Å². The molecule has 0 aliphatic heterocycles. The summed E-state index contributed by atoms with van der Waals surface area (Å²) in [4.78, 5) is 32.6. The summed E-state index contributed by atoms with van der Waals surface area (Å²) in [5.74, 6) is 0. The molecule has 0 aromatic rings. The van der Waals surface area contributed by atoms with Crippen LogP contribution in [-0.2, 0) is 0 Å². The quantitative estimate of drug-likeness (QED) is 0.350. The Labute approximate surface area is 95.9 Å². The molecular formula is C3H13ClNNaO4Si. The Kier molecular flexibility index (Phi) is 23.4. The van der Waals surface area contributed by atoms with E-state index in [4.69, 9.17) is 19.2 Å². The van der Waals surface area contributed by atoms with Gasteiger partial charge in [0.2, 0.25) is 0 Å². The van der Waals surface area contributed by atoms with Gasteiger partial charge in [0.15, 0.2) is 0 Å². The molecule has 0 saturated carbocycles. The van der Waals surface area contributed by atoms with Gasteiger partial charge in [-0.2, -0.15) is 0 Å². The van der Waals surface area contributed by atoms with E-state index in [9.17, 15) is 0 Å². The molecule has 0 unspecified atom stereocenters. The van der Waals surface area contributed by atoms with Crippen molar-refractivity contribution in [2.45, 2.75) is 0 Å². The monoisotopic (exact) mass is 213 g/mol. The second-order valence-corrected chi connectivity index (χ2v) is 3.06. The zero-order valence-electron chi connectivity index (χ0n) is 7.11. The molecule has 8 heteroatoms. The molecule has 0 atom stereocenters. The molecule has 11 heavy (non-hydrogen) atoms. The van der Waals surface area contributed by atoms with Gasteiger partial charge in [-0.15, -0.1) is 12.4 Å². The van der Waals surface area contributed by atoms with Gasteiger partial charge in [-0.05, 0) is 21.1 Å². The summed E-state index contributed by atoms with van der Waals surface area (Å²) >= 11 is 0. The molecule has 5 nitrogen and oxygen atoms in total. The minimum Gasteiger partial charge on any atom is -0.794 e. The summed E-state index contributed by atoms with van der Waals surface area (Å²) in [6.45, 7) is 0. The van der Waals surface area contributed by atoms with Gasteiger partial charge in [0.25, 0.3) is 0 Å². The molecule has 0 aromatic heterocycles. The van der Waals surface area contributed by atoms with Crippen LogP contribution in [0.3, 0.4) is 0 Å². The molecule has 0 radical (unpaired) electrons. The van der Waals surface area contributed by atoms with E-state index in [1.165, 1.54) is 0 Å². The van der Waals surface area contributed by atoms with E-state index >= 15 is 0 Å². The second-order valence-electron chi connectivity index (χ2n) is 1.92. The van der Waals surface area contributed by atoms with Crippen LogP contribution in [0.4, 0.5) is 0 Å². The first-order valence-corrected chi connectivity index (χ1v) is 3.97. The van der Waals surface area contributed by atoms with Crippen molar-refractivity contribution in [3.8, 4) is 0 Å². The van der Waals surface area contributed by atoms with Gasteiger partial charge in [0.1, 0.15) is 0 Å². The molecule has 0 aliphatic rings. The van der Waals surface area contributed by atoms with Gasteiger partial charge in [-0.3, -0.25) is 0 Å². The topological polar surface area (TPSA) is 87.0 Å². The molecule has 0 spiro atoms. The van der Waals surface area contributed by atoms with E-state index < -0.39 is 9.05 Å². The minimum absolute atomic E-state index is 0. The smallest absolute Gasteiger partial charge is 0.794 e. The van der Waals surface area contributed by atoms with Crippen LogP contribution in [0.2, 0.25) is 0 Å². The van der Waals surface area contributed by atoms with Gasteiger partial charge < -0.3 is 24.1 Å². The fourth-order valence-corrected chi connectivity index (χ4v) is 0. The van der Waals surface area contributed by atoms with Gasteiger partial charge in [-0.1, -0.05) is 0 Å². The zero-order valence-corrected chi connectivity index (χ0v) is 10.9. The number of halogens is 1. The van der Waals surface area contributed by atoms with Gasteiger partial charge in [0.05, 0.1) is 0 Å². The second kappa shape index (κ2) is 11.3. The standard InChI is InChI=1S/C3H9N.ClH.Na.H3O4Si/c1-4(2)3;;;1-5(2,3)4/h1-3H3;1H;;1-3H/q;;+1;-1. The summed E-state index contributed by atoms with van der Waals surface area (Å²) in [5, 5.41) is 0. The number of hydrogen-bond donors (Lipinski definition) is 3. The van der Waals surface area contributed by atoms with Crippen molar-refractivity contribution in [3.63, 3.8) is 0 Å². The van der Waals surface area contributed by atoms with E-state index in [0.717, 1.165) is 0 Å². The van der Waals surface area contributed by atoms with Crippen molar-refractivity contribution < 1.29 is 48.7 Å². The molecule has 66 valence electrons. The first kappa shape index (κ1) is 22.8. The molecule has 0 aliphatic carbocycles. The number of rotatable bonds is 0. The van der Waals surface area contributed by atoms with Crippen LogP contribution >= 0.6 is 12.4 Å². The van der Waals surface area contributed by atoms with Crippen molar-refractivity contribution in [2.24, 2.45) is 0 Å². The van der Waals surface area contributed by atoms with Gasteiger partial charge >= 0.3 is 38.6 Å². The Hall–Kier alpha value is 1.31. The molecular weight excluding hydrogens is 201 g/mol. The summed E-state index contributed by atoms with van der Waals surface area (Å²) in [5.41, 5.74) is 0. The van der Waals surface area contributed by atoms with Crippen molar-refractivity contribution in [1.82, 2.24) is 4.90 Å². The molecule has 0 rings (SSSR count). The third-order valence-corrected chi connectivity index (χ3v) is 0. The van der Waals surface area contributed by atoms with E-state index in [2.05, 4.69) is 0 Å². The summed E-state index contributed by atoms with van der Waals surface area (Å²) in [7, 11) is 1.14. The maximum absolute atomic E-state index is 8.91. The van der Waals surface area contributed by atoms with E-state index in [1.807, 2.05) is 26.0 Å². The van der Waals surface area contributed by atoms with Crippen LogP contribution < -0.4 is 34.4 Å². The van der Waals surface area contributed by atoms with Crippen LogP contribution in [0, 0.1) is 0 Å². The largest absolute Gasteiger partial charge is 1.00 e. The Morgan fingerprint density at radius 1 is 1.09 bits per heavy atom. The van der Waals surface area contributed by atoms with Crippen LogP contribution in [0.25, 0.3) is 0 Å². The predicted octanol–water partition coefficient (Wildman–Crippen LogP) is -5.64. The number of nitrogens with zero attached hydrogens (tertiary/aromatic N) is 1. The van der Waals surface area contributed by atoms with Gasteiger partial charge in [-0.25, -0.2) is 0 Å². The molecule has 0 saturated heterocycles. The summed E-state index contributed by atoms with van der Waals surface area (Å²) in [6.07, 6.45) is 0. The Morgan fingerprint density at radius 3 is 1.09 bits per heavy atom. The van der Waals surface area contributed by atoms with E-state index in [0.29, 0.717) is 0 Å². The minimum atomic E-state index is -4.86. The number of hydrogen-bond acceptors (Lipinski definition) is 5. The summed E-state index contributed by atoms with van der Waals surface area (Å²) < 4.78 is 0.